The maximum atomic E-state index is 12.2. The van der Waals surface area contributed by atoms with E-state index in [1.54, 1.807) is 24.4 Å². The van der Waals surface area contributed by atoms with Gasteiger partial charge in [-0.2, -0.15) is 4.99 Å². The fourth-order valence-electron chi connectivity index (χ4n) is 7.41. The Morgan fingerprint density at radius 3 is 2.28 bits per heavy atom. The average Bonchev–Trinajstić information content (AvgIpc) is 2.98. The Bertz CT molecular complexity index is 864. The van der Waals surface area contributed by atoms with Crippen LogP contribution in [0.3, 0.4) is 0 Å². The van der Waals surface area contributed by atoms with Crippen LogP contribution in [0.15, 0.2) is 40.8 Å². The zero-order chi connectivity index (χ0) is 20.4. The monoisotopic (exact) mass is 396 g/mol. The van der Waals surface area contributed by atoms with Crippen molar-refractivity contribution in [3.63, 3.8) is 0 Å². The molecule has 2 unspecified atom stereocenters. The van der Waals surface area contributed by atoms with E-state index < -0.39 is 11.8 Å². The summed E-state index contributed by atoms with van der Waals surface area (Å²) < 4.78 is -0.00234. The summed E-state index contributed by atoms with van der Waals surface area (Å²) in [5.41, 5.74) is 18.8. The molecule has 2 heterocycles. The third kappa shape index (κ3) is 2.99. The van der Waals surface area contributed by atoms with Gasteiger partial charge in [-0.15, -0.1) is 0 Å². The van der Waals surface area contributed by atoms with Gasteiger partial charge in [0.2, 0.25) is 11.5 Å². The first kappa shape index (κ1) is 18.8. The Hall–Kier alpha value is -2.25. The van der Waals surface area contributed by atoms with Crippen LogP contribution in [0.1, 0.15) is 44.9 Å². The number of amides is 2. The molecule has 0 saturated heterocycles. The summed E-state index contributed by atoms with van der Waals surface area (Å²) in [4.78, 5) is 28.4. The number of nitrogens with zero attached hydrogens (tertiary/aromatic N) is 2. The molecule has 2 aliphatic heterocycles. The van der Waals surface area contributed by atoms with Crippen LogP contribution in [0.2, 0.25) is 0 Å². The zero-order valence-electron chi connectivity index (χ0n) is 16.7. The van der Waals surface area contributed by atoms with Gasteiger partial charge < -0.3 is 17.2 Å². The third-order valence-electron chi connectivity index (χ3n) is 7.80. The smallest absolute Gasteiger partial charge is 0.303 e. The molecule has 0 aromatic rings. The molecule has 6 aliphatic rings. The van der Waals surface area contributed by atoms with Crippen LogP contribution >= 0.6 is 0 Å². The molecule has 4 aliphatic carbocycles. The first-order chi connectivity index (χ1) is 13.8. The summed E-state index contributed by atoms with van der Waals surface area (Å²) in [6, 6.07) is -0.130. The number of aliphatic imine (C=N–C) groups is 1. The molecule has 2 atom stereocenters. The van der Waals surface area contributed by atoms with Crippen molar-refractivity contribution in [2.24, 2.45) is 45.4 Å². The number of nitrogens with two attached hydrogens (primary N) is 3. The van der Waals surface area contributed by atoms with Crippen molar-refractivity contribution in [2.45, 2.75) is 51.0 Å². The van der Waals surface area contributed by atoms with E-state index in [1.165, 1.54) is 38.5 Å². The Morgan fingerprint density at radius 2 is 1.72 bits per heavy atom. The first-order valence-corrected chi connectivity index (χ1v) is 10.7. The number of carbonyl (C=O) groups is 2. The number of primary amides is 2. The minimum Gasteiger partial charge on any atom is -0.364 e. The molecule has 6 rings (SSSR count). The van der Waals surface area contributed by atoms with Crippen LogP contribution in [0.25, 0.3) is 0 Å². The van der Waals surface area contributed by atoms with E-state index in [9.17, 15) is 9.59 Å². The SMILES string of the molecule is NC(=O)C1=C[N+]2(CC(N)CC34CC5CC(CC(C5)C3)C4)C(C(N)=O)=CC=CC2=N1. The van der Waals surface area contributed by atoms with Crippen molar-refractivity contribution >= 4 is 17.6 Å². The van der Waals surface area contributed by atoms with Gasteiger partial charge in [-0.3, -0.25) is 9.59 Å². The molecule has 4 bridgehead atoms. The lowest BCUT2D eigenvalue weighted by molar-refractivity contribution is -0.740. The topological polar surface area (TPSA) is 125 Å². The van der Waals surface area contributed by atoms with E-state index in [0.29, 0.717) is 23.5 Å². The van der Waals surface area contributed by atoms with Gasteiger partial charge in [0.1, 0.15) is 12.7 Å². The molecule has 4 fully saturated rings. The second-order valence-electron chi connectivity index (χ2n) is 10.1. The van der Waals surface area contributed by atoms with E-state index in [-0.39, 0.29) is 16.2 Å². The first-order valence-electron chi connectivity index (χ1n) is 10.7. The van der Waals surface area contributed by atoms with Gasteiger partial charge in [-0.05, 0) is 74.2 Å². The lowest BCUT2D eigenvalue weighted by atomic mass is 9.48. The summed E-state index contributed by atoms with van der Waals surface area (Å²) in [6.07, 6.45) is 15.9. The van der Waals surface area contributed by atoms with E-state index in [4.69, 9.17) is 17.2 Å². The lowest BCUT2D eigenvalue weighted by Crippen LogP contribution is -2.56. The predicted molar refractivity (Wildman–Crippen MR) is 109 cm³/mol. The molecule has 0 aromatic carbocycles. The van der Waals surface area contributed by atoms with E-state index >= 15 is 0 Å². The van der Waals surface area contributed by atoms with Crippen molar-refractivity contribution in [3.8, 4) is 0 Å². The van der Waals surface area contributed by atoms with Gasteiger partial charge in [-0.25, -0.2) is 4.48 Å². The predicted octanol–water partition coefficient (Wildman–Crippen LogP) is 1.41. The van der Waals surface area contributed by atoms with Gasteiger partial charge >= 0.3 is 5.91 Å². The molecule has 29 heavy (non-hydrogen) atoms. The standard InChI is InChI=1S/C22H29N5O2/c23-16(10-22-7-13-4-14(8-22)6-15(5-13)9-22)11-27-12-17(20(24)28)26-19(27)3-1-2-18(27)21(25)29/h1-3,12-16H,4-11,23H2,(H3-,24,25,28,29)/p+1. The van der Waals surface area contributed by atoms with Crippen LogP contribution < -0.4 is 17.2 Å². The quantitative estimate of drug-likeness (QED) is 0.588. The number of carbonyl (C=O) groups excluding carboxylic acids is 2. The maximum absolute atomic E-state index is 12.2. The molecular formula is C22H30N5O2+. The average molecular weight is 397 g/mol. The fraction of sp³-hybridized carbons (Fsp3) is 0.591. The lowest BCUT2D eigenvalue weighted by Gasteiger charge is -2.57. The van der Waals surface area contributed by atoms with E-state index in [2.05, 4.69) is 4.99 Å². The van der Waals surface area contributed by atoms with Crippen molar-refractivity contribution in [3.05, 3.63) is 35.8 Å². The molecule has 7 nitrogen and oxygen atoms in total. The largest absolute Gasteiger partial charge is 0.364 e. The van der Waals surface area contributed by atoms with E-state index in [1.807, 2.05) is 0 Å². The van der Waals surface area contributed by atoms with E-state index in [0.717, 1.165) is 24.2 Å². The summed E-state index contributed by atoms with van der Waals surface area (Å²) in [5, 5.41) is 0. The second-order valence-corrected chi connectivity index (χ2v) is 10.1. The Labute approximate surface area is 171 Å². The van der Waals surface area contributed by atoms with Crippen LogP contribution in [-0.4, -0.2) is 34.7 Å². The molecular weight excluding hydrogens is 366 g/mol. The number of hydrogen-bond donors (Lipinski definition) is 3. The Morgan fingerprint density at radius 1 is 1.10 bits per heavy atom. The van der Waals surface area contributed by atoms with Crippen molar-refractivity contribution in [1.82, 2.24) is 0 Å². The van der Waals surface area contributed by atoms with Crippen LogP contribution in [0, 0.1) is 23.2 Å². The Balaban J connectivity index is 1.42. The molecule has 7 heteroatoms. The van der Waals surface area contributed by atoms with Crippen LogP contribution in [-0.2, 0) is 9.59 Å². The number of amidine groups is 1. The molecule has 0 radical (unpaired) electrons. The Kier molecular flexibility index (Phi) is 4.12. The number of rotatable bonds is 6. The van der Waals surface area contributed by atoms with Gasteiger partial charge in [0, 0.05) is 12.2 Å². The molecule has 154 valence electrons. The number of hydrogen-bond acceptors (Lipinski definition) is 4. The summed E-state index contributed by atoms with van der Waals surface area (Å²) >= 11 is 0. The van der Waals surface area contributed by atoms with Crippen LogP contribution in [0.5, 0.6) is 0 Å². The molecule has 4 saturated carbocycles. The van der Waals surface area contributed by atoms with Crippen LogP contribution in [0.4, 0.5) is 0 Å². The van der Waals surface area contributed by atoms with Crippen molar-refractivity contribution in [2.75, 3.05) is 6.54 Å². The van der Waals surface area contributed by atoms with Gasteiger partial charge in [0.25, 0.3) is 5.91 Å². The summed E-state index contributed by atoms with van der Waals surface area (Å²) in [6.45, 7) is 0.455. The minimum atomic E-state index is -0.615. The molecule has 2 amide bonds. The number of allylic oxidation sites excluding steroid dienone is 2. The third-order valence-corrected chi connectivity index (χ3v) is 7.80. The number of fused-ring (bicyclic) bond motifs is 1. The summed E-state index contributed by atoms with van der Waals surface area (Å²) in [7, 11) is 0. The fourth-order valence-corrected chi connectivity index (χ4v) is 7.41. The second kappa shape index (κ2) is 6.37. The van der Waals surface area contributed by atoms with Crippen molar-refractivity contribution in [1.29, 1.82) is 0 Å². The molecule has 6 N–H and O–H groups in total. The molecule has 0 aromatic heterocycles. The number of quaternary nitrogens is 1. The van der Waals surface area contributed by atoms with Gasteiger partial charge in [-0.1, -0.05) is 0 Å². The van der Waals surface area contributed by atoms with Gasteiger partial charge in [0.15, 0.2) is 5.70 Å². The highest BCUT2D eigenvalue weighted by molar-refractivity contribution is 6.04. The maximum Gasteiger partial charge on any atom is 0.303 e. The highest BCUT2D eigenvalue weighted by atomic mass is 16.2. The molecule has 0 spiro atoms. The normalized spacial score (nSPS) is 40.2. The highest BCUT2D eigenvalue weighted by Crippen LogP contribution is 2.61. The minimum absolute atomic E-state index is 0.00234. The zero-order valence-corrected chi connectivity index (χ0v) is 16.7. The van der Waals surface area contributed by atoms with Gasteiger partial charge in [0.05, 0.1) is 6.04 Å². The summed E-state index contributed by atoms with van der Waals surface area (Å²) in [5.74, 6) is 2.03. The van der Waals surface area contributed by atoms with Crippen molar-refractivity contribution < 1.29 is 14.1 Å². The highest BCUT2D eigenvalue weighted by Gasteiger charge is 2.53.